The van der Waals surface area contributed by atoms with Crippen molar-refractivity contribution in [2.24, 2.45) is 0 Å². The number of halogens is 2. The highest BCUT2D eigenvalue weighted by Crippen LogP contribution is 2.21. The van der Waals surface area contributed by atoms with Gasteiger partial charge in [-0.3, -0.25) is 19.5 Å². The van der Waals surface area contributed by atoms with Crippen LogP contribution in [0.1, 0.15) is 57.7 Å². The van der Waals surface area contributed by atoms with Crippen molar-refractivity contribution in [1.29, 1.82) is 0 Å². The monoisotopic (exact) mass is 548 g/mol. The maximum atomic E-state index is 13.5. The van der Waals surface area contributed by atoms with Crippen LogP contribution in [-0.2, 0) is 6.54 Å². The van der Waals surface area contributed by atoms with Crippen LogP contribution in [-0.4, -0.2) is 64.9 Å². The van der Waals surface area contributed by atoms with Crippen molar-refractivity contribution in [2.45, 2.75) is 51.3 Å². The number of hydrogen-bond donors (Lipinski definition) is 1. The second-order valence-electron chi connectivity index (χ2n) is 10.7. The first-order chi connectivity index (χ1) is 19.3. The van der Waals surface area contributed by atoms with Gasteiger partial charge in [-0.15, -0.1) is 0 Å². The number of benzene rings is 2. The molecule has 9 heteroatoms. The van der Waals surface area contributed by atoms with E-state index in [4.69, 9.17) is 4.74 Å². The Morgan fingerprint density at radius 1 is 0.925 bits per heavy atom. The van der Waals surface area contributed by atoms with Crippen molar-refractivity contribution in [3.8, 4) is 5.75 Å². The number of nitrogens with one attached hydrogen (secondary N) is 1. The lowest BCUT2D eigenvalue weighted by molar-refractivity contribution is 0.0594. The number of nitrogens with zero attached hydrogens (tertiary/aromatic N) is 3. The molecule has 3 aromatic rings. The predicted octanol–water partition coefficient (Wildman–Crippen LogP) is 4.75. The Bertz CT molecular complexity index is 1300. The highest BCUT2D eigenvalue weighted by atomic mass is 19.1. The van der Waals surface area contributed by atoms with Crippen LogP contribution >= 0.6 is 0 Å². The van der Waals surface area contributed by atoms with Gasteiger partial charge in [-0.2, -0.15) is 0 Å². The van der Waals surface area contributed by atoms with E-state index in [1.54, 1.807) is 17.0 Å². The fourth-order valence-electron chi connectivity index (χ4n) is 5.28. The molecule has 2 aliphatic heterocycles. The number of likely N-dealkylation sites (tertiary alicyclic amines) is 2. The maximum Gasteiger partial charge on any atom is 0.270 e. The molecule has 2 aliphatic rings. The first-order valence-electron chi connectivity index (χ1n) is 13.8. The lowest BCUT2D eigenvalue weighted by Crippen LogP contribution is -2.44. The van der Waals surface area contributed by atoms with E-state index in [1.165, 1.54) is 23.9 Å². The maximum absolute atomic E-state index is 13.5. The van der Waals surface area contributed by atoms with E-state index in [2.05, 4.69) is 15.2 Å². The Kier molecular flexibility index (Phi) is 8.69. The number of carbonyl (C=O) groups is 2. The van der Waals surface area contributed by atoms with Crippen molar-refractivity contribution in [1.82, 2.24) is 20.1 Å². The van der Waals surface area contributed by atoms with E-state index < -0.39 is 11.6 Å². The fraction of sp³-hybridized carbons (Fsp3) is 0.387. The van der Waals surface area contributed by atoms with Crippen LogP contribution in [0, 0.1) is 18.6 Å². The summed E-state index contributed by atoms with van der Waals surface area (Å²) >= 11 is 0. The molecule has 0 aliphatic carbocycles. The van der Waals surface area contributed by atoms with Gasteiger partial charge in [-0.1, -0.05) is 17.7 Å². The molecule has 0 spiro atoms. The van der Waals surface area contributed by atoms with Crippen LogP contribution in [0.3, 0.4) is 0 Å². The number of rotatable bonds is 7. The Hall–Kier alpha value is -3.85. The first kappa shape index (κ1) is 27.7. The molecule has 7 nitrogen and oxygen atoms in total. The molecule has 1 aromatic heterocycles. The molecule has 0 bridgehead atoms. The van der Waals surface area contributed by atoms with E-state index in [0.29, 0.717) is 43.9 Å². The van der Waals surface area contributed by atoms with Crippen LogP contribution in [0.5, 0.6) is 5.75 Å². The molecule has 5 rings (SSSR count). The summed E-state index contributed by atoms with van der Waals surface area (Å²) in [6.45, 7) is 5.11. The molecule has 3 heterocycles. The highest BCUT2D eigenvalue weighted by molar-refractivity contribution is 5.96. The Balaban J connectivity index is 1.06. The molecule has 2 saturated heterocycles. The van der Waals surface area contributed by atoms with Gasteiger partial charge in [0.05, 0.1) is 5.56 Å². The predicted molar refractivity (Wildman–Crippen MR) is 147 cm³/mol. The van der Waals surface area contributed by atoms with Gasteiger partial charge >= 0.3 is 0 Å². The lowest BCUT2D eigenvalue weighted by atomic mass is 10.0. The summed E-state index contributed by atoms with van der Waals surface area (Å²) in [5, 5.41) is 3.02. The number of piperidine rings is 2. The molecule has 1 N–H and O–H groups in total. The number of aromatic nitrogens is 1. The van der Waals surface area contributed by atoms with E-state index >= 15 is 0 Å². The minimum Gasteiger partial charge on any atom is -0.490 e. The van der Waals surface area contributed by atoms with E-state index in [-0.39, 0.29) is 29.7 Å². The molecule has 0 saturated carbocycles. The van der Waals surface area contributed by atoms with Gasteiger partial charge in [0.1, 0.15) is 29.2 Å². The van der Waals surface area contributed by atoms with Gasteiger partial charge in [-0.05, 0) is 61.7 Å². The minimum atomic E-state index is -0.578. The molecule has 40 heavy (non-hydrogen) atoms. The zero-order valence-corrected chi connectivity index (χ0v) is 22.6. The third-order valence-electron chi connectivity index (χ3n) is 7.55. The second kappa shape index (κ2) is 12.6. The number of ether oxygens (including phenoxy) is 1. The summed E-state index contributed by atoms with van der Waals surface area (Å²) in [5.74, 6) is -0.687. The van der Waals surface area contributed by atoms with Gasteiger partial charge in [0, 0.05) is 63.9 Å². The number of carbonyl (C=O) groups excluding carboxylic acids is 2. The van der Waals surface area contributed by atoms with Gasteiger partial charge < -0.3 is 15.0 Å². The van der Waals surface area contributed by atoms with Crippen LogP contribution < -0.4 is 10.1 Å². The molecule has 2 amide bonds. The summed E-state index contributed by atoms with van der Waals surface area (Å²) in [6.07, 6.45) is 4.50. The zero-order chi connectivity index (χ0) is 28.1. The SMILES string of the molecule is Cc1ccc(OC2CCN(C(=O)c3ccc(C(=O)NC4CCN(Cc5cc(F)cc(F)c5)CC4)nc3)CC2)cc1. The summed E-state index contributed by atoms with van der Waals surface area (Å²) in [5.41, 5.74) is 2.50. The fourth-order valence-corrected chi connectivity index (χ4v) is 5.28. The summed E-state index contributed by atoms with van der Waals surface area (Å²) < 4.78 is 33.0. The van der Waals surface area contributed by atoms with Crippen LogP contribution in [0.25, 0.3) is 0 Å². The highest BCUT2D eigenvalue weighted by Gasteiger charge is 2.26. The summed E-state index contributed by atoms with van der Waals surface area (Å²) in [7, 11) is 0. The van der Waals surface area contributed by atoms with Crippen LogP contribution in [0.2, 0.25) is 0 Å². The molecule has 2 aromatic carbocycles. The second-order valence-corrected chi connectivity index (χ2v) is 10.7. The van der Waals surface area contributed by atoms with Crippen molar-refractivity contribution in [3.05, 3.63) is 94.8 Å². The van der Waals surface area contributed by atoms with Gasteiger partial charge in [-0.25, -0.2) is 8.78 Å². The van der Waals surface area contributed by atoms with E-state index in [9.17, 15) is 18.4 Å². The Morgan fingerprint density at radius 2 is 1.60 bits per heavy atom. The first-order valence-corrected chi connectivity index (χ1v) is 13.8. The summed E-state index contributed by atoms with van der Waals surface area (Å²) in [4.78, 5) is 33.9. The topological polar surface area (TPSA) is 74.8 Å². The Morgan fingerprint density at radius 3 is 2.23 bits per heavy atom. The van der Waals surface area contributed by atoms with Crippen molar-refractivity contribution in [3.63, 3.8) is 0 Å². The molecule has 0 unspecified atom stereocenters. The van der Waals surface area contributed by atoms with E-state index in [0.717, 1.165) is 37.5 Å². The Labute approximate surface area is 233 Å². The number of pyridine rings is 1. The van der Waals surface area contributed by atoms with Crippen molar-refractivity contribution >= 4 is 11.8 Å². The lowest BCUT2D eigenvalue weighted by Gasteiger charge is -2.32. The van der Waals surface area contributed by atoms with Crippen molar-refractivity contribution in [2.75, 3.05) is 26.2 Å². The molecule has 210 valence electrons. The molecular formula is C31H34F2N4O3. The van der Waals surface area contributed by atoms with Crippen molar-refractivity contribution < 1.29 is 23.1 Å². The largest absolute Gasteiger partial charge is 0.490 e. The third kappa shape index (κ3) is 7.21. The molecule has 0 radical (unpaired) electrons. The number of amides is 2. The summed E-state index contributed by atoms with van der Waals surface area (Å²) in [6, 6.07) is 14.8. The normalized spacial score (nSPS) is 17.0. The molecule has 0 atom stereocenters. The van der Waals surface area contributed by atoms with E-state index in [1.807, 2.05) is 31.2 Å². The van der Waals surface area contributed by atoms with Crippen LogP contribution in [0.15, 0.2) is 60.8 Å². The number of hydrogen-bond acceptors (Lipinski definition) is 5. The molecule has 2 fully saturated rings. The third-order valence-corrected chi connectivity index (χ3v) is 7.55. The zero-order valence-electron chi connectivity index (χ0n) is 22.6. The van der Waals surface area contributed by atoms with Gasteiger partial charge in [0.25, 0.3) is 11.8 Å². The average molecular weight is 549 g/mol. The smallest absolute Gasteiger partial charge is 0.270 e. The van der Waals surface area contributed by atoms with Crippen LogP contribution in [0.4, 0.5) is 8.78 Å². The molecular weight excluding hydrogens is 514 g/mol. The number of aryl methyl sites for hydroxylation is 1. The average Bonchev–Trinajstić information content (AvgIpc) is 2.95. The minimum absolute atomic E-state index is 0.0143. The quantitative estimate of drug-likeness (QED) is 0.462. The standard InChI is InChI=1S/C31H34F2N4O3/c1-21-2-5-27(6-3-21)40-28-10-14-37(15-11-28)31(39)23-4-7-29(34-19-23)30(38)35-26-8-12-36(13-9-26)20-22-16-24(32)18-25(33)17-22/h2-7,16-19,26,28H,8-15,20H2,1H3,(H,35,38). The van der Waals surface area contributed by atoms with Gasteiger partial charge in [0.2, 0.25) is 0 Å². The van der Waals surface area contributed by atoms with Gasteiger partial charge in [0.15, 0.2) is 0 Å².